The van der Waals surface area contributed by atoms with Crippen LogP contribution in [-0.2, 0) is 13.1 Å². The molecule has 4 nitrogen and oxygen atoms in total. The van der Waals surface area contributed by atoms with Crippen LogP contribution in [0.15, 0.2) is 35.1 Å². The summed E-state index contributed by atoms with van der Waals surface area (Å²) in [6.07, 6.45) is 3.55. The molecule has 4 heteroatoms. The van der Waals surface area contributed by atoms with Gasteiger partial charge in [0.15, 0.2) is 0 Å². The average molecular weight is 177 g/mol. The molecule has 0 aliphatic heterocycles. The summed E-state index contributed by atoms with van der Waals surface area (Å²) in [5, 5.41) is 6.84. The van der Waals surface area contributed by atoms with E-state index in [2.05, 4.69) is 15.5 Å². The molecule has 68 valence electrons. The molecular formula is C9H11N3O. The molecule has 0 aliphatic carbocycles. The van der Waals surface area contributed by atoms with E-state index in [9.17, 15) is 0 Å². The average Bonchev–Trinajstić information content (AvgIpc) is 2.75. The molecule has 2 rings (SSSR count). The number of nitrogens with one attached hydrogen (secondary N) is 2. The van der Waals surface area contributed by atoms with Gasteiger partial charge in [-0.2, -0.15) is 0 Å². The Bertz CT molecular complexity index is 291. The van der Waals surface area contributed by atoms with Crippen LogP contribution < -0.4 is 5.32 Å². The maximum Gasteiger partial charge on any atom is 0.150 e. The molecule has 0 spiro atoms. The zero-order valence-electron chi connectivity index (χ0n) is 7.16. The Kier molecular flexibility index (Phi) is 2.43. The van der Waals surface area contributed by atoms with Crippen molar-refractivity contribution in [3.8, 4) is 0 Å². The first-order chi connectivity index (χ1) is 6.45. The fourth-order valence-electron chi connectivity index (χ4n) is 1.13. The van der Waals surface area contributed by atoms with Gasteiger partial charge in [-0.1, -0.05) is 5.16 Å². The van der Waals surface area contributed by atoms with E-state index in [-0.39, 0.29) is 0 Å². The first kappa shape index (κ1) is 8.07. The first-order valence-corrected chi connectivity index (χ1v) is 4.18. The minimum Gasteiger partial charge on any atom is -0.364 e. The lowest BCUT2D eigenvalue weighted by Gasteiger charge is -1.98. The van der Waals surface area contributed by atoms with Gasteiger partial charge >= 0.3 is 0 Å². The van der Waals surface area contributed by atoms with Crippen molar-refractivity contribution < 1.29 is 4.52 Å². The van der Waals surface area contributed by atoms with E-state index in [0.29, 0.717) is 6.54 Å². The van der Waals surface area contributed by atoms with Gasteiger partial charge in [-0.3, -0.25) is 0 Å². The molecule has 0 aromatic carbocycles. The highest BCUT2D eigenvalue weighted by Crippen LogP contribution is 1.97. The molecular weight excluding hydrogens is 166 g/mol. The van der Waals surface area contributed by atoms with E-state index in [1.54, 1.807) is 6.20 Å². The van der Waals surface area contributed by atoms with Gasteiger partial charge < -0.3 is 14.8 Å². The van der Waals surface area contributed by atoms with Gasteiger partial charge in [-0.05, 0) is 12.1 Å². The van der Waals surface area contributed by atoms with Crippen LogP contribution in [-0.4, -0.2) is 10.1 Å². The Morgan fingerprint density at radius 3 is 3.08 bits per heavy atom. The van der Waals surface area contributed by atoms with Crippen LogP contribution in [0, 0.1) is 0 Å². The fraction of sp³-hybridized carbons (Fsp3) is 0.222. The lowest BCUT2D eigenvalue weighted by atomic mass is 10.4. The highest BCUT2D eigenvalue weighted by atomic mass is 16.5. The Labute approximate surface area is 75.9 Å². The molecule has 0 amide bonds. The van der Waals surface area contributed by atoms with Crippen LogP contribution in [0.5, 0.6) is 0 Å². The van der Waals surface area contributed by atoms with Crippen molar-refractivity contribution in [2.45, 2.75) is 13.1 Å². The van der Waals surface area contributed by atoms with Gasteiger partial charge in [0, 0.05) is 24.5 Å². The van der Waals surface area contributed by atoms with E-state index in [4.69, 9.17) is 4.52 Å². The van der Waals surface area contributed by atoms with Crippen molar-refractivity contribution in [3.05, 3.63) is 42.0 Å². The van der Waals surface area contributed by atoms with Crippen LogP contribution in [0.2, 0.25) is 0 Å². The first-order valence-electron chi connectivity index (χ1n) is 4.18. The van der Waals surface area contributed by atoms with Crippen LogP contribution >= 0.6 is 0 Å². The van der Waals surface area contributed by atoms with E-state index in [1.807, 2.05) is 24.4 Å². The summed E-state index contributed by atoms with van der Waals surface area (Å²) >= 11 is 0. The molecule has 2 aromatic rings. The number of nitrogens with zero attached hydrogens (tertiary/aromatic N) is 1. The molecule has 2 aromatic heterocycles. The maximum atomic E-state index is 4.93. The quantitative estimate of drug-likeness (QED) is 0.740. The molecule has 0 saturated carbocycles. The van der Waals surface area contributed by atoms with Gasteiger partial charge in [-0.15, -0.1) is 0 Å². The minimum absolute atomic E-state index is 0.707. The number of rotatable bonds is 4. The van der Waals surface area contributed by atoms with Gasteiger partial charge in [-0.25, -0.2) is 0 Å². The lowest BCUT2D eigenvalue weighted by Crippen LogP contribution is -2.12. The number of H-pyrrole nitrogens is 1. The number of hydrogen-bond donors (Lipinski definition) is 2. The zero-order valence-corrected chi connectivity index (χ0v) is 7.16. The van der Waals surface area contributed by atoms with Crippen molar-refractivity contribution >= 4 is 0 Å². The van der Waals surface area contributed by atoms with E-state index < -0.39 is 0 Å². The predicted octanol–water partition coefficient (Wildman–Crippen LogP) is 1.29. The summed E-state index contributed by atoms with van der Waals surface area (Å²) < 4.78 is 4.93. The standard InChI is InChI=1S/C9H11N3O/c1-2-8(11-4-1)6-10-7-9-3-5-12-13-9/h1-5,10-11H,6-7H2. The third-order valence-corrected chi connectivity index (χ3v) is 1.77. The summed E-state index contributed by atoms with van der Waals surface area (Å²) in [6.45, 7) is 1.52. The van der Waals surface area contributed by atoms with E-state index in [1.165, 1.54) is 5.69 Å². The molecule has 13 heavy (non-hydrogen) atoms. The summed E-state index contributed by atoms with van der Waals surface area (Å²) in [5.74, 6) is 0.853. The van der Waals surface area contributed by atoms with Gasteiger partial charge in [0.1, 0.15) is 5.76 Å². The molecule has 0 fully saturated rings. The smallest absolute Gasteiger partial charge is 0.150 e. The second kappa shape index (κ2) is 3.91. The van der Waals surface area contributed by atoms with Crippen molar-refractivity contribution in [1.29, 1.82) is 0 Å². The molecule has 0 unspecified atom stereocenters. The normalized spacial score (nSPS) is 10.5. The van der Waals surface area contributed by atoms with Crippen LogP contribution in [0.25, 0.3) is 0 Å². The lowest BCUT2D eigenvalue weighted by molar-refractivity contribution is 0.372. The van der Waals surface area contributed by atoms with Crippen LogP contribution in [0.1, 0.15) is 11.5 Å². The van der Waals surface area contributed by atoms with Crippen molar-refractivity contribution in [2.75, 3.05) is 0 Å². The van der Waals surface area contributed by atoms with E-state index >= 15 is 0 Å². The number of aromatic nitrogens is 2. The second-order valence-corrected chi connectivity index (χ2v) is 2.78. The second-order valence-electron chi connectivity index (χ2n) is 2.78. The molecule has 0 radical (unpaired) electrons. The monoisotopic (exact) mass is 177 g/mol. The third kappa shape index (κ3) is 2.19. The van der Waals surface area contributed by atoms with Gasteiger partial charge in [0.25, 0.3) is 0 Å². The van der Waals surface area contributed by atoms with Gasteiger partial charge in [0.2, 0.25) is 0 Å². The number of aromatic amines is 1. The third-order valence-electron chi connectivity index (χ3n) is 1.77. The Hall–Kier alpha value is -1.55. The van der Waals surface area contributed by atoms with Crippen molar-refractivity contribution in [3.63, 3.8) is 0 Å². The summed E-state index contributed by atoms with van der Waals surface area (Å²) in [4.78, 5) is 3.11. The van der Waals surface area contributed by atoms with E-state index in [0.717, 1.165) is 12.3 Å². The Morgan fingerprint density at radius 2 is 2.38 bits per heavy atom. The number of hydrogen-bond acceptors (Lipinski definition) is 3. The summed E-state index contributed by atoms with van der Waals surface area (Å²) in [5.41, 5.74) is 1.17. The molecule has 0 atom stereocenters. The highest BCUT2D eigenvalue weighted by Gasteiger charge is 1.96. The van der Waals surface area contributed by atoms with Crippen molar-refractivity contribution in [1.82, 2.24) is 15.5 Å². The predicted molar refractivity (Wildman–Crippen MR) is 47.8 cm³/mol. The molecule has 2 N–H and O–H groups in total. The molecule has 0 saturated heterocycles. The minimum atomic E-state index is 0.707. The Morgan fingerprint density at radius 1 is 1.38 bits per heavy atom. The molecule has 0 aliphatic rings. The molecule has 0 bridgehead atoms. The van der Waals surface area contributed by atoms with Crippen LogP contribution in [0.3, 0.4) is 0 Å². The van der Waals surface area contributed by atoms with Crippen LogP contribution in [0.4, 0.5) is 0 Å². The summed E-state index contributed by atoms with van der Waals surface area (Å²) in [7, 11) is 0. The zero-order chi connectivity index (χ0) is 8.93. The van der Waals surface area contributed by atoms with Crippen molar-refractivity contribution in [2.24, 2.45) is 0 Å². The SMILES string of the molecule is c1c[nH]c(CNCc2ccno2)c1. The topological polar surface area (TPSA) is 53.9 Å². The summed E-state index contributed by atoms with van der Waals surface area (Å²) in [6, 6.07) is 5.86. The molecule has 2 heterocycles. The fourth-order valence-corrected chi connectivity index (χ4v) is 1.13. The largest absolute Gasteiger partial charge is 0.364 e. The van der Waals surface area contributed by atoms with Gasteiger partial charge in [0.05, 0.1) is 12.7 Å². The Balaban J connectivity index is 1.76. The maximum absolute atomic E-state index is 4.93. The highest BCUT2D eigenvalue weighted by molar-refractivity contribution is 5.03.